The standard InChI is InChI=1S/C16H23NO2/c1-13(14-7-3-2-4-8-14)12-17-10-6-5-9-15(17)11-16(18)19/h2-4,7-8,13,15H,5-6,9-12H2,1H3,(H,18,19). The van der Waals surface area contributed by atoms with Gasteiger partial charge in [-0.1, -0.05) is 43.7 Å². The van der Waals surface area contributed by atoms with Crippen molar-refractivity contribution in [2.24, 2.45) is 0 Å². The number of carboxylic acids is 1. The van der Waals surface area contributed by atoms with Gasteiger partial charge in [-0.25, -0.2) is 0 Å². The van der Waals surface area contributed by atoms with Gasteiger partial charge in [0, 0.05) is 12.6 Å². The molecule has 1 fully saturated rings. The van der Waals surface area contributed by atoms with Gasteiger partial charge in [0.2, 0.25) is 0 Å². The summed E-state index contributed by atoms with van der Waals surface area (Å²) >= 11 is 0. The number of benzene rings is 1. The summed E-state index contributed by atoms with van der Waals surface area (Å²) in [4.78, 5) is 13.3. The summed E-state index contributed by atoms with van der Waals surface area (Å²) < 4.78 is 0. The summed E-state index contributed by atoms with van der Waals surface area (Å²) in [5.74, 6) is -0.222. The van der Waals surface area contributed by atoms with Crippen molar-refractivity contribution in [1.29, 1.82) is 0 Å². The third kappa shape index (κ3) is 4.06. The van der Waals surface area contributed by atoms with Gasteiger partial charge in [0.05, 0.1) is 6.42 Å². The number of hydrogen-bond donors (Lipinski definition) is 1. The normalized spacial score (nSPS) is 22.1. The maximum absolute atomic E-state index is 10.9. The Morgan fingerprint density at radius 2 is 2.11 bits per heavy atom. The number of carboxylic acid groups (broad SMARTS) is 1. The summed E-state index contributed by atoms with van der Waals surface area (Å²) in [6, 6.07) is 10.7. The van der Waals surface area contributed by atoms with E-state index >= 15 is 0 Å². The Kier molecular flexibility index (Phi) is 4.97. The Bertz CT molecular complexity index is 404. The van der Waals surface area contributed by atoms with Gasteiger partial charge in [-0.05, 0) is 30.9 Å². The van der Waals surface area contributed by atoms with Crippen LogP contribution in [0.5, 0.6) is 0 Å². The predicted molar refractivity (Wildman–Crippen MR) is 76.3 cm³/mol. The van der Waals surface area contributed by atoms with E-state index in [1.165, 1.54) is 12.0 Å². The number of aliphatic carboxylic acids is 1. The second-order valence-electron chi connectivity index (χ2n) is 5.55. The first kappa shape index (κ1) is 14.1. The highest BCUT2D eigenvalue weighted by Crippen LogP contribution is 2.24. The molecule has 0 amide bonds. The zero-order chi connectivity index (χ0) is 13.7. The average molecular weight is 261 g/mol. The van der Waals surface area contributed by atoms with Crippen LogP contribution >= 0.6 is 0 Å². The number of piperidine rings is 1. The third-order valence-corrected chi connectivity index (χ3v) is 4.04. The lowest BCUT2D eigenvalue weighted by molar-refractivity contribution is -0.138. The SMILES string of the molecule is CC(CN1CCCCC1CC(=O)O)c1ccccc1. The molecule has 1 N–H and O–H groups in total. The molecule has 1 aromatic carbocycles. The molecule has 0 aliphatic carbocycles. The van der Waals surface area contributed by atoms with E-state index in [1.807, 2.05) is 6.07 Å². The first-order valence-electron chi connectivity index (χ1n) is 7.17. The van der Waals surface area contributed by atoms with Crippen molar-refractivity contribution < 1.29 is 9.90 Å². The molecule has 3 heteroatoms. The van der Waals surface area contributed by atoms with Gasteiger partial charge < -0.3 is 5.11 Å². The first-order chi connectivity index (χ1) is 9.16. The van der Waals surface area contributed by atoms with E-state index < -0.39 is 5.97 Å². The molecule has 2 unspecified atom stereocenters. The zero-order valence-corrected chi connectivity index (χ0v) is 11.6. The maximum atomic E-state index is 10.9. The monoisotopic (exact) mass is 261 g/mol. The van der Waals surface area contributed by atoms with Crippen LogP contribution < -0.4 is 0 Å². The summed E-state index contributed by atoms with van der Waals surface area (Å²) in [5, 5.41) is 9.01. The second-order valence-corrected chi connectivity index (χ2v) is 5.55. The quantitative estimate of drug-likeness (QED) is 0.885. The maximum Gasteiger partial charge on any atom is 0.304 e. The summed E-state index contributed by atoms with van der Waals surface area (Å²) in [7, 11) is 0. The molecule has 1 saturated heterocycles. The molecule has 1 heterocycles. The molecule has 0 aromatic heterocycles. The Morgan fingerprint density at radius 1 is 1.37 bits per heavy atom. The van der Waals surface area contributed by atoms with Crippen LogP contribution in [0.3, 0.4) is 0 Å². The summed E-state index contributed by atoms with van der Waals surface area (Å²) in [5.41, 5.74) is 1.34. The van der Waals surface area contributed by atoms with E-state index in [1.54, 1.807) is 0 Å². The molecule has 19 heavy (non-hydrogen) atoms. The van der Waals surface area contributed by atoms with Crippen molar-refractivity contribution in [2.45, 2.75) is 44.6 Å². The molecular weight excluding hydrogens is 238 g/mol. The highest BCUT2D eigenvalue weighted by Gasteiger charge is 2.25. The van der Waals surface area contributed by atoms with E-state index in [9.17, 15) is 4.79 Å². The van der Waals surface area contributed by atoms with Gasteiger partial charge in [-0.2, -0.15) is 0 Å². The minimum Gasteiger partial charge on any atom is -0.481 e. The van der Waals surface area contributed by atoms with Crippen LogP contribution in [0.4, 0.5) is 0 Å². The molecule has 1 aliphatic heterocycles. The fraction of sp³-hybridized carbons (Fsp3) is 0.562. The van der Waals surface area contributed by atoms with Crippen molar-refractivity contribution in [2.75, 3.05) is 13.1 Å². The van der Waals surface area contributed by atoms with E-state index in [0.717, 1.165) is 25.9 Å². The third-order valence-electron chi connectivity index (χ3n) is 4.04. The van der Waals surface area contributed by atoms with Gasteiger partial charge in [-0.15, -0.1) is 0 Å². The van der Waals surface area contributed by atoms with Crippen LogP contribution in [0.15, 0.2) is 30.3 Å². The Morgan fingerprint density at radius 3 is 2.79 bits per heavy atom. The summed E-state index contributed by atoms with van der Waals surface area (Å²) in [6.45, 7) is 4.22. The molecule has 0 saturated carbocycles. The Hall–Kier alpha value is -1.35. The number of likely N-dealkylation sites (tertiary alicyclic amines) is 1. The molecule has 2 rings (SSSR count). The summed E-state index contributed by atoms with van der Waals surface area (Å²) in [6.07, 6.45) is 3.65. The molecule has 0 spiro atoms. The van der Waals surface area contributed by atoms with Crippen LogP contribution in [0.2, 0.25) is 0 Å². The van der Waals surface area contributed by atoms with Crippen molar-refractivity contribution in [3.05, 3.63) is 35.9 Å². The predicted octanol–water partition coefficient (Wildman–Crippen LogP) is 3.12. The molecule has 2 atom stereocenters. The highest BCUT2D eigenvalue weighted by molar-refractivity contribution is 5.67. The molecule has 104 valence electrons. The van der Waals surface area contributed by atoms with Crippen LogP contribution in [0.1, 0.15) is 44.1 Å². The highest BCUT2D eigenvalue weighted by atomic mass is 16.4. The Labute approximate surface area is 115 Å². The van der Waals surface area contributed by atoms with E-state index in [0.29, 0.717) is 5.92 Å². The van der Waals surface area contributed by atoms with Crippen molar-refractivity contribution >= 4 is 5.97 Å². The lowest BCUT2D eigenvalue weighted by atomic mass is 9.95. The van der Waals surface area contributed by atoms with E-state index in [4.69, 9.17) is 5.11 Å². The lowest BCUT2D eigenvalue weighted by Crippen LogP contribution is -2.42. The lowest BCUT2D eigenvalue weighted by Gasteiger charge is -2.36. The van der Waals surface area contributed by atoms with Gasteiger partial charge >= 0.3 is 5.97 Å². The first-order valence-corrected chi connectivity index (χ1v) is 7.17. The number of hydrogen-bond acceptors (Lipinski definition) is 2. The van der Waals surface area contributed by atoms with E-state index in [-0.39, 0.29) is 12.5 Å². The molecular formula is C16H23NO2. The molecule has 1 aromatic rings. The minimum absolute atomic E-state index is 0.220. The van der Waals surface area contributed by atoms with E-state index in [2.05, 4.69) is 36.1 Å². The zero-order valence-electron chi connectivity index (χ0n) is 11.6. The average Bonchev–Trinajstić information content (AvgIpc) is 2.41. The van der Waals surface area contributed by atoms with Gasteiger partial charge in [0.15, 0.2) is 0 Å². The Balaban J connectivity index is 1.97. The van der Waals surface area contributed by atoms with Crippen molar-refractivity contribution in [1.82, 2.24) is 4.90 Å². The number of rotatable bonds is 5. The minimum atomic E-state index is -0.677. The van der Waals surface area contributed by atoms with Crippen molar-refractivity contribution in [3.63, 3.8) is 0 Å². The van der Waals surface area contributed by atoms with Crippen molar-refractivity contribution in [3.8, 4) is 0 Å². The fourth-order valence-electron chi connectivity index (χ4n) is 2.97. The molecule has 3 nitrogen and oxygen atoms in total. The topological polar surface area (TPSA) is 40.5 Å². The van der Waals surface area contributed by atoms with Crippen LogP contribution in [0, 0.1) is 0 Å². The number of nitrogens with zero attached hydrogens (tertiary/aromatic N) is 1. The second kappa shape index (κ2) is 6.71. The molecule has 0 radical (unpaired) electrons. The van der Waals surface area contributed by atoms with Crippen LogP contribution in [-0.4, -0.2) is 35.1 Å². The largest absolute Gasteiger partial charge is 0.481 e. The molecule has 0 bridgehead atoms. The van der Waals surface area contributed by atoms with Gasteiger partial charge in [-0.3, -0.25) is 9.69 Å². The van der Waals surface area contributed by atoms with Crippen LogP contribution in [0.25, 0.3) is 0 Å². The molecule has 1 aliphatic rings. The fourth-order valence-corrected chi connectivity index (χ4v) is 2.97. The number of carbonyl (C=O) groups is 1. The smallest absolute Gasteiger partial charge is 0.304 e. The van der Waals surface area contributed by atoms with Crippen LogP contribution in [-0.2, 0) is 4.79 Å². The van der Waals surface area contributed by atoms with Gasteiger partial charge in [0.1, 0.15) is 0 Å². The van der Waals surface area contributed by atoms with Gasteiger partial charge in [0.25, 0.3) is 0 Å².